The molecule has 1 unspecified atom stereocenters. The van der Waals surface area contributed by atoms with E-state index in [2.05, 4.69) is 46.7 Å². The largest absolute Gasteiger partial charge is 0.487 e. The van der Waals surface area contributed by atoms with Crippen LogP contribution in [0.1, 0.15) is 46.5 Å². The van der Waals surface area contributed by atoms with Crippen molar-refractivity contribution in [3.05, 3.63) is 16.6 Å². The van der Waals surface area contributed by atoms with Crippen molar-refractivity contribution in [2.45, 2.75) is 63.6 Å². The molecule has 0 amide bonds. The number of rotatable bonds is 3. The van der Waals surface area contributed by atoms with Crippen LogP contribution in [0.3, 0.4) is 0 Å². The number of sulfonamides is 1. The molecule has 26 heavy (non-hydrogen) atoms. The highest BCUT2D eigenvalue weighted by molar-refractivity contribution is 9.10. The molecule has 1 aliphatic carbocycles. The van der Waals surface area contributed by atoms with Gasteiger partial charge in [0, 0.05) is 16.6 Å². The zero-order valence-corrected chi connectivity index (χ0v) is 17.8. The summed E-state index contributed by atoms with van der Waals surface area (Å²) in [6.45, 7) is 6.82. The molecule has 0 radical (unpaired) electrons. The first-order chi connectivity index (χ1) is 12.1. The van der Waals surface area contributed by atoms with Gasteiger partial charge in [-0.1, -0.05) is 20.8 Å². The van der Waals surface area contributed by atoms with E-state index in [9.17, 15) is 13.5 Å². The Morgan fingerprint density at radius 2 is 1.88 bits per heavy atom. The van der Waals surface area contributed by atoms with Crippen molar-refractivity contribution in [1.82, 2.24) is 4.72 Å². The third-order valence-electron chi connectivity index (χ3n) is 5.32. The molecule has 146 valence electrons. The Labute approximate surface area is 163 Å². The average molecular weight is 447 g/mol. The van der Waals surface area contributed by atoms with Crippen molar-refractivity contribution >= 4 is 31.6 Å². The van der Waals surface area contributed by atoms with Crippen LogP contribution in [-0.4, -0.2) is 32.4 Å². The smallest absolute Gasteiger partial charge is 0.242 e. The molecule has 0 saturated heterocycles. The Hall–Kier alpha value is -0.830. The van der Waals surface area contributed by atoms with Gasteiger partial charge in [-0.15, -0.1) is 0 Å². The lowest BCUT2D eigenvalue weighted by Gasteiger charge is -2.37. The fourth-order valence-corrected chi connectivity index (χ4v) is 6.08. The van der Waals surface area contributed by atoms with Gasteiger partial charge in [-0.05, 0) is 59.0 Å². The Balaban J connectivity index is 1.73. The molecule has 2 aliphatic rings. The molecule has 3 N–H and O–H groups in total. The fourth-order valence-electron chi connectivity index (χ4n) is 3.72. The first-order valence-electron chi connectivity index (χ1n) is 8.99. The van der Waals surface area contributed by atoms with E-state index in [1.807, 2.05) is 0 Å². The predicted octanol–water partition coefficient (Wildman–Crippen LogP) is 3.46. The molecule has 6 nitrogen and oxygen atoms in total. The minimum Gasteiger partial charge on any atom is -0.487 e. The molecule has 0 bridgehead atoms. The van der Waals surface area contributed by atoms with Gasteiger partial charge in [0.25, 0.3) is 0 Å². The molecule has 1 aromatic rings. The number of ether oxygens (including phenoxy) is 1. The van der Waals surface area contributed by atoms with E-state index in [4.69, 9.17) is 4.74 Å². The van der Waals surface area contributed by atoms with E-state index in [1.165, 1.54) is 6.07 Å². The van der Waals surface area contributed by atoms with Crippen molar-refractivity contribution in [3.63, 3.8) is 0 Å². The van der Waals surface area contributed by atoms with E-state index in [0.717, 1.165) is 25.7 Å². The quantitative estimate of drug-likeness (QED) is 0.661. The van der Waals surface area contributed by atoms with Crippen LogP contribution in [0.25, 0.3) is 0 Å². The Morgan fingerprint density at radius 3 is 2.50 bits per heavy atom. The summed E-state index contributed by atoms with van der Waals surface area (Å²) in [6, 6.07) is 3.09. The Kier molecular flexibility index (Phi) is 5.59. The highest BCUT2D eigenvalue weighted by atomic mass is 79.9. The number of aliphatic hydroxyl groups is 1. The second kappa shape index (κ2) is 7.30. The molecule has 1 atom stereocenters. The third-order valence-corrected chi connectivity index (χ3v) is 7.80. The normalized spacial score (nSPS) is 26.6. The lowest BCUT2D eigenvalue weighted by molar-refractivity contribution is 0.119. The summed E-state index contributed by atoms with van der Waals surface area (Å²) in [4.78, 5) is 0.160. The van der Waals surface area contributed by atoms with Crippen molar-refractivity contribution in [1.29, 1.82) is 0 Å². The lowest BCUT2D eigenvalue weighted by atomic mass is 9.71. The summed E-state index contributed by atoms with van der Waals surface area (Å²) in [5, 5.41) is 12.5. The highest BCUT2D eigenvalue weighted by Crippen LogP contribution is 2.39. The van der Waals surface area contributed by atoms with Gasteiger partial charge < -0.3 is 15.2 Å². The number of anilines is 1. The van der Waals surface area contributed by atoms with Gasteiger partial charge in [-0.25, -0.2) is 13.1 Å². The second-order valence-electron chi connectivity index (χ2n) is 8.29. The summed E-state index contributed by atoms with van der Waals surface area (Å²) < 4.78 is 34.5. The number of halogens is 1. The zero-order valence-electron chi connectivity index (χ0n) is 15.4. The van der Waals surface area contributed by atoms with Gasteiger partial charge >= 0.3 is 0 Å². The molecule has 3 rings (SSSR count). The molecule has 1 saturated carbocycles. The molecule has 8 heteroatoms. The molecule has 1 fully saturated rings. The van der Waals surface area contributed by atoms with Crippen LogP contribution >= 0.6 is 15.9 Å². The van der Waals surface area contributed by atoms with Crippen LogP contribution in [0.5, 0.6) is 5.75 Å². The summed E-state index contributed by atoms with van der Waals surface area (Å²) in [6.07, 6.45) is 2.98. The lowest BCUT2D eigenvalue weighted by Crippen LogP contribution is -2.39. The number of hydrogen-bond donors (Lipinski definition) is 3. The molecular formula is C18H27BrN2O4S. The maximum Gasteiger partial charge on any atom is 0.242 e. The predicted molar refractivity (Wildman–Crippen MR) is 105 cm³/mol. The maximum absolute atomic E-state index is 12.9. The van der Waals surface area contributed by atoms with Crippen LogP contribution in [0.15, 0.2) is 21.5 Å². The van der Waals surface area contributed by atoms with E-state index in [1.54, 1.807) is 6.07 Å². The molecular weight excluding hydrogens is 420 g/mol. The van der Waals surface area contributed by atoms with Gasteiger partial charge in [0.15, 0.2) is 6.23 Å². The third kappa shape index (κ3) is 4.35. The Bertz CT molecular complexity index is 768. The molecule has 1 aromatic carbocycles. The van der Waals surface area contributed by atoms with Crippen molar-refractivity contribution in [2.75, 3.05) is 11.9 Å². The summed E-state index contributed by atoms with van der Waals surface area (Å²) in [5.74, 6) is 1.06. The Morgan fingerprint density at radius 1 is 1.23 bits per heavy atom. The monoisotopic (exact) mass is 446 g/mol. The summed E-state index contributed by atoms with van der Waals surface area (Å²) >= 11 is 3.34. The summed E-state index contributed by atoms with van der Waals surface area (Å²) in [5.41, 5.74) is 0.834. The number of nitrogens with one attached hydrogen (secondary N) is 2. The highest BCUT2D eigenvalue weighted by Gasteiger charge is 2.32. The van der Waals surface area contributed by atoms with Crippen molar-refractivity contribution < 1.29 is 18.3 Å². The average Bonchev–Trinajstić information content (AvgIpc) is 2.53. The van der Waals surface area contributed by atoms with Crippen molar-refractivity contribution in [2.24, 2.45) is 11.3 Å². The molecule has 1 heterocycles. The maximum atomic E-state index is 12.9. The van der Waals surface area contributed by atoms with Crippen LogP contribution in [0, 0.1) is 11.3 Å². The van der Waals surface area contributed by atoms with Crippen LogP contribution < -0.4 is 14.8 Å². The van der Waals surface area contributed by atoms with E-state index in [-0.39, 0.29) is 23.0 Å². The topological polar surface area (TPSA) is 87.7 Å². The molecule has 0 spiro atoms. The van der Waals surface area contributed by atoms with Crippen LogP contribution in [-0.2, 0) is 10.0 Å². The first kappa shape index (κ1) is 19.9. The van der Waals surface area contributed by atoms with Gasteiger partial charge in [-0.2, -0.15) is 0 Å². The van der Waals surface area contributed by atoms with Gasteiger partial charge in [0.1, 0.15) is 12.4 Å². The minimum atomic E-state index is -3.66. The summed E-state index contributed by atoms with van der Waals surface area (Å²) in [7, 11) is -3.66. The number of hydrogen-bond acceptors (Lipinski definition) is 5. The SMILES string of the molecule is CC(C)(C)C1CCC(NS(=O)(=O)c2cc3c(cc2Br)NC(O)CO3)CC1. The fraction of sp³-hybridized carbons (Fsp3) is 0.667. The van der Waals surface area contributed by atoms with Crippen molar-refractivity contribution in [3.8, 4) is 5.75 Å². The number of fused-ring (bicyclic) bond motifs is 1. The first-order valence-corrected chi connectivity index (χ1v) is 11.3. The van der Waals surface area contributed by atoms with Gasteiger partial charge in [-0.3, -0.25) is 0 Å². The van der Waals surface area contributed by atoms with E-state index in [0.29, 0.717) is 21.8 Å². The molecule has 1 aliphatic heterocycles. The second-order valence-corrected chi connectivity index (χ2v) is 10.8. The standard InChI is InChI=1S/C18H27BrN2O4S/c1-18(2,3)11-4-6-12(7-5-11)21-26(23,24)16-9-15-14(8-13(16)19)20-17(22)10-25-15/h8-9,11-12,17,20-22H,4-7,10H2,1-3H3. The van der Waals surface area contributed by atoms with E-state index < -0.39 is 16.3 Å². The van der Waals surface area contributed by atoms with Gasteiger partial charge in [0.05, 0.1) is 10.6 Å². The minimum absolute atomic E-state index is 0.0394. The molecule has 0 aromatic heterocycles. The van der Waals surface area contributed by atoms with E-state index >= 15 is 0 Å². The van der Waals surface area contributed by atoms with Crippen LogP contribution in [0.4, 0.5) is 5.69 Å². The van der Waals surface area contributed by atoms with Crippen LogP contribution in [0.2, 0.25) is 0 Å². The van der Waals surface area contributed by atoms with Gasteiger partial charge in [0.2, 0.25) is 10.0 Å². The number of aliphatic hydroxyl groups excluding tert-OH is 1. The number of benzene rings is 1. The zero-order chi connectivity index (χ0) is 19.1.